The highest BCUT2D eigenvalue weighted by Crippen LogP contribution is 2.16. The van der Waals surface area contributed by atoms with Gasteiger partial charge >= 0.3 is 0 Å². The molecule has 2 rings (SSSR count). The number of ketones is 1. The molecule has 0 spiro atoms. The van der Waals surface area contributed by atoms with Gasteiger partial charge in [-0.2, -0.15) is 0 Å². The van der Waals surface area contributed by atoms with Crippen LogP contribution in [0.25, 0.3) is 0 Å². The fourth-order valence-electron chi connectivity index (χ4n) is 2.12. The molecule has 0 radical (unpaired) electrons. The topological polar surface area (TPSA) is 69.0 Å². The molecule has 1 aromatic heterocycles. The number of aryl methyl sites for hydroxylation is 1. The Morgan fingerprint density at radius 3 is 3.12 bits per heavy atom. The molecule has 6 heteroatoms. The molecular weight excluding hydrogens is 220 g/mol. The van der Waals surface area contributed by atoms with Gasteiger partial charge in [-0.15, -0.1) is 5.10 Å². The Morgan fingerprint density at radius 2 is 2.47 bits per heavy atom. The van der Waals surface area contributed by atoms with Gasteiger partial charge in [0.1, 0.15) is 5.78 Å². The van der Waals surface area contributed by atoms with Gasteiger partial charge in [-0.05, 0) is 6.54 Å². The van der Waals surface area contributed by atoms with E-state index in [4.69, 9.17) is 4.74 Å². The lowest BCUT2D eigenvalue weighted by Crippen LogP contribution is -2.39. The van der Waals surface area contributed by atoms with E-state index in [1.165, 1.54) is 0 Å². The maximum absolute atomic E-state index is 12.1. The number of carbonyl (C=O) groups is 1. The summed E-state index contributed by atoms with van der Waals surface area (Å²) in [4.78, 5) is 12.1. The van der Waals surface area contributed by atoms with Gasteiger partial charge in [0.05, 0.1) is 31.2 Å². The predicted molar refractivity (Wildman–Crippen MR) is 61.5 cm³/mol. The van der Waals surface area contributed by atoms with Crippen LogP contribution in [-0.4, -0.2) is 46.6 Å². The standard InChI is InChI=1S/C11H18N4O2/c1-3-12-10-7-17-6-9(10)11(16)4-8-5-15(2)14-13-8/h5,9-10,12H,3-4,6-7H2,1-2H3. The third-order valence-electron chi connectivity index (χ3n) is 2.97. The third-order valence-corrected chi connectivity index (χ3v) is 2.97. The molecule has 0 aliphatic carbocycles. The average molecular weight is 238 g/mol. The molecule has 6 nitrogen and oxygen atoms in total. The average Bonchev–Trinajstić information content (AvgIpc) is 2.88. The second-order valence-corrected chi connectivity index (χ2v) is 4.33. The van der Waals surface area contributed by atoms with Crippen LogP contribution in [0.2, 0.25) is 0 Å². The van der Waals surface area contributed by atoms with E-state index >= 15 is 0 Å². The van der Waals surface area contributed by atoms with Crippen molar-refractivity contribution in [3.8, 4) is 0 Å². The highest BCUT2D eigenvalue weighted by molar-refractivity contribution is 5.83. The van der Waals surface area contributed by atoms with Gasteiger partial charge < -0.3 is 10.1 Å². The summed E-state index contributed by atoms with van der Waals surface area (Å²) in [5, 5.41) is 11.0. The molecular formula is C11H18N4O2. The molecule has 1 aliphatic rings. The van der Waals surface area contributed by atoms with Gasteiger partial charge in [-0.3, -0.25) is 9.48 Å². The van der Waals surface area contributed by atoms with Crippen molar-refractivity contribution in [1.29, 1.82) is 0 Å². The minimum Gasteiger partial charge on any atom is -0.379 e. The Bertz CT molecular complexity index is 391. The smallest absolute Gasteiger partial charge is 0.145 e. The summed E-state index contributed by atoms with van der Waals surface area (Å²) in [6.45, 7) is 4.01. The van der Waals surface area contributed by atoms with Crippen LogP contribution in [0, 0.1) is 5.92 Å². The van der Waals surface area contributed by atoms with Crippen LogP contribution in [0.1, 0.15) is 12.6 Å². The number of ether oxygens (including phenoxy) is 1. The number of hydrogen-bond donors (Lipinski definition) is 1. The minimum atomic E-state index is -0.0584. The Hall–Kier alpha value is -1.27. The first kappa shape index (κ1) is 12.2. The van der Waals surface area contributed by atoms with Crippen molar-refractivity contribution in [3.05, 3.63) is 11.9 Å². The second kappa shape index (κ2) is 5.37. The highest BCUT2D eigenvalue weighted by atomic mass is 16.5. The van der Waals surface area contributed by atoms with E-state index in [9.17, 15) is 4.79 Å². The number of likely N-dealkylation sites (N-methyl/N-ethyl adjacent to an activating group) is 1. The maximum Gasteiger partial charge on any atom is 0.145 e. The first-order chi connectivity index (χ1) is 8.20. The highest BCUT2D eigenvalue weighted by Gasteiger charge is 2.33. The molecule has 0 amide bonds. The maximum atomic E-state index is 12.1. The summed E-state index contributed by atoms with van der Waals surface area (Å²) >= 11 is 0. The molecule has 1 aliphatic heterocycles. The monoisotopic (exact) mass is 238 g/mol. The fraction of sp³-hybridized carbons (Fsp3) is 0.727. The first-order valence-corrected chi connectivity index (χ1v) is 5.89. The fourth-order valence-corrected chi connectivity index (χ4v) is 2.12. The molecule has 2 unspecified atom stereocenters. The number of aromatic nitrogens is 3. The quantitative estimate of drug-likeness (QED) is 0.752. The molecule has 0 aromatic carbocycles. The van der Waals surface area contributed by atoms with Crippen LogP contribution in [0.15, 0.2) is 6.20 Å². The minimum absolute atomic E-state index is 0.0584. The lowest BCUT2D eigenvalue weighted by Gasteiger charge is -2.16. The van der Waals surface area contributed by atoms with Gasteiger partial charge in [0, 0.05) is 19.3 Å². The zero-order valence-corrected chi connectivity index (χ0v) is 10.2. The van der Waals surface area contributed by atoms with Crippen molar-refractivity contribution in [2.24, 2.45) is 13.0 Å². The molecule has 2 atom stereocenters. The van der Waals surface area contributed by atoms with Crippen molar-refractivity contribution in [2.45, 2.75) is 19.4 Å². The second-order valence-electron chi connectivity index (χ2n) is 4.33. The molecule has 1 fully saturated rings. The molecule has 1 N–H and O–H groups in total. The van der Waals surface area contributed by atoms with Crippen molar-refractivity contribution in [3.63, 3.8) is 0 Å². The van der Waals surface area contributed by atoms with Crippen molar-refractivity contribution >= 4 is 5.78 Å². The summed E-state index contributed by atoms with van der Waals surface area (Å²) in [5.41, 5.74) is 0.722. The first-order valence-electron chi connectivity index (χ1n) is 5.89. The third kappa shape index (κ3) is 2.89. The van der Waals surface area contributed by atoms with E-state index in [0.29, 0.717) is 19.6 Å². The van der Waals surface area contributed by atoms with E-state index in [2.05, 4.69) is 15.6 Å². The van der Waals surface area contributed by atoms with Crippen LogP contribution in [0.4, 0.5) is 0 Å². The van der Waals surface area contributed by atoms with Crippen molar-refractivity contribution in [2.75, 3.05) is 19.8 Å². The molecule has 2 heterocycles. The van der Waals surface area contributed by atoms with Gasteiger partial charge in [0.2, 0.25) is 0 Å². The van der Waals surface area contributed by atoms with Crippen molar-refractivity contribution < 1.29 is 9.53 Å². The SMILES string of the molecule is CCNC1COCC1C(=O)Cc1cn(C)nn1. The molecule has 0 saturated carbocycles. The summed E-state index contributed by atoms with van der Waals surface area (Å²) in [6.07, 6.45) is 2.11. The lowest BCUT2D eigenvalue weighted by molar-refractivity contribution is -0.122. The summed E-state index contributed by atoms with van der Waals surface area (Å²) < 4.78 is 6.97. The van der Waals surface area contributed by atoms with Crippen molar-refractivity contribution in [1.82, 2.24) is 20.3 Å². The lowest BCUT2D eigenvalue weighted by atomic mass is 9.95. The summed E-state index contributed by atoms with van der Waals surface area (Å²) in [5.74, 6) is 0.117. The normalized spacial score (nSPS) is 24.1. The Balaban J connectivity index is 1.95. The number of Topliss-reactive ketones (excluding diaryl/α,β-unsaturated/α-hetero) is 1. The van der Waals surface area contributed by atoms with Crippen LogP contribution >= 0.6 is 0 Å². The number of carbonyl (C=O) groups excluding carboxylic acids is 1. The summed E-state index contributed by atoms with van der Waals surface area (Å²) in [6, 6.07) is 0.143. The van der Waals surface area contributed by atoms with E-state index in [-0.39, 0.29) is 17.7 Å². The van der Waals surface area contributed by atoms with Crippen LogP contribution in [0.3, 0.4) is 0 Å². The largest absolute Gasteiger partial charge is 0.379 e. The Morgan fingerprint density at radius 1 is 1.65 bits per heavy atom. The zero-order valence-electron chi connectivity index (χ0n) is 10.2. The number of nitrogens with one attached hydrogen (secondary N) is 1. The molecule has 94 valence electrons. The number of rotatable bonds is 5. The molecule has 0 bridgehead atoms. The predicted octanol–water partition coefficient (Wildman–Crippen LogP) is -0.449. The molecule has 1 aromatic rings. The molecule has 1 saturated heterocycles. The van der Waals surface area contributed by atoms with Gasteiger partial charge in [0.15, 0.2) is 0 Å². The number of nitrogens with zero attached hydrogens (tertiary/aromatic N) is 3. The van der Waals surface area contributed by atoms with Gasteiger partial charge in [0.25, 0.3) is 0 Å². The Labute approximate surface area is 100 Å². The van der Waals surface area contributed by atoms with E-state index in [0.717, 1.165) is 12.2 Å². The van der Waals surface area contributed by atoms with E-state index in [1.807, 2.05) is 6.92 Å². The van der Waals surface area contributed by atoms with Gasteiger partial charge in [-0.25, -0.2) is 0 Å². The van der Waals surface area contributed by atoms with E-state index < -0.39 is 0 Å². The zero-order chi connectivity index (χ0) is 12.3. The summed E-state index contributed by atoms with van der Waals surface area (Å²) in [7, 11) is 1.79. The van der Waals surface area contributed by atoms with Crippen LogP contribution < -0.4 is 5.32 Å². The van der Waals surface area contributed by atoms with Crippen LogP contribution in [0.5, 0.6) is 0 Å². The van der Waals surface area contributed by atoms with Gasteiger partial charge in [-0.1, -0.05) is 12.1 Å². The van der Waals surface area contributed by atoms with E-state index in [1.54, 1.807) is 17.9 Å². The van der Waals surface area contributed by atoms with Crippen LogP contribution in [-0.2, 0) is 23.0 Å². The molecule has 17 heavy (non-hydrogen) atoms. The number of hydrogen-bond acceptors (Lipinski definition) is 5. The Kier molecular flexibility index (Phi) is 3.86.